The lowest BCUT2D eigenvalue weighted by molar-refractivity contribution is 0.601. The van der Waals surface area contributed by atoms with Crippen LogP contribution in [0.2, 0.25) is 0 Å². The number of sulfonamides is 1. The molecule has 0 spiro atoms. The Labute approximate surface area is 125 Å². The van der Waals surface area contributed by atoms with Crippen LogP contribution in [0.4, 0.5) is 5.69 Å². The highest BCUT2D eigenvalue weighted by atomic mass is 32.2. The van der Waals surface area contributed by atoms with Gasteiger partial charge in [-0.3, -0.25) is 4.72 Å². The predicted octanol–water partition coefficient (Wildman–Crippen LogP) is 3.42. The van der Waals surface area contributed by atoms with Gasteiger partial charge < -0.3 is 0 Å². The van der Waals surface area contributed by atoms with E-state index in [1.165, 1.54) is 0 Å². The van der Waals surface area contributed by atoms with Crippen molar-refractivity contribution < 1.29 is 8.42 Å². The summed E-state index contributed by atoms with van der Waals surface area (Å²) >= 11 is 0. The predicted molar refractivity (Wildman–Crippen MR) is 82.5 cm³/mol. The fourth-order valence-electron chi connectivity index (χ4n) is 1.85. The molecule has 0 aliphatic rings. The van der Waals surface area contributed by atoms with Crippen LogP contribution < -0.4 is 4.72 Å². The molecule has 0 radical (unpaired) electrons. The fraction of sp³-hybridized carbons (Fsp3) is 0.188. The summed E-state index contributed by atoms with van der Waals surface area (Å²) in [5, 5.41) is 8.85. The SMILES string of the molecule is Cc1ccc(S(=O)(=O)Nc2ccc(C(C)C#N)cc2)cc1. The first-order valence-electron chi connectivity index (χ1n) is 6.51. The summed E-state index contributed by atoms with van der Waals surface area (Å²) in [7, 11) is -3.58. The van der Waals surface area contributed by atoms with Crippen LogP contribution in [0.1, 0.15) is 24.0 Å². The van der Waals surface area contributed by atoms with Crippen LogP contribution in [-0.2, 0) is 10.0 Å². The first-order chi connectivity index (χ1) is 9.92. The minimum atomic E-state index is -3.58. The number of benzene rings is 2. The molecule has 0 aromatic heterocycles. The van der Waals surface area contributed by atoms with E-state index in [0.29, 0.717) is 5.69 Å². The van der Waals surface area contributed by atoms with Crippen LogP contribution in [0.25, 0.3) is 0 Å². The minimum absolute atomic E-state index is 0.215. The number of nitrogens with one attached hydrogen (secondary N) is 1. The van der Waals surface area contributed by atoms with Gasteiger partial charge in [-0.15, -0.1) is 0 Å². The van der Waals surface area contributed by atoms with E-state index in [9.17, 15) is 8.42 Å². The molecule has 0 fully saturated rings. The molecule has 2 aromatic carbocycles. The van der Waals surface area contributed by atoms with Gasteiger partial charge in [-0.25, -0.2) is 8.42 Å². The normalized spacial score (nSPS) is 12.4. The van der Waals surface area contributed by atoms with Crippen LogP contribution in [0.3, 0.4) is 0 Å². The number of aryl methyl sites for hydroxylation is 1. The second-order valence-corrected chi connectivity index (χ2v) is 6.57. The molecule has 0 heterocycles. The van der Waals surface area contributed by atoms with Crippen molar-refractivity contribution in [3.8, 4) is 6.07 Å². The minimum Gasteiger partial charge on any atom is -0.280 e. The molecular formula is C16H16N2O2S. The molecule has 2 rings (SSSR count). The van der Waals surface area contributed by atoms with Gasteiger partial charge in [0.15, 0.2) is 0 Å². The Bertz CT molecular complexity index is 757. The van der Waals surface area contributed by atoms with Crippen molar-refractivity contribution in [2.24, 2.45) is 0 Å². The van der Waals surface area contributed by atoms with E-state index in [-0.39, 0.29) is 10.8 Å². The molecule has 0 aliphatic carbocycles. The van der Waals surface area contributed by atoms with Gasteiger partial charge in [0, 0.05) is 5.69 Å². The Kier molecular flexibility index (Phi) is 4.29. The van der Waals surface area contributed by atoms with Crippen molar-refractivity contribution in [2.45, 2.75) is 24.7 Å². The van der Waals surface area contributed by atoms with E-state index in [4.69, 9.17) is 5.26 Å². The molecule has 0 saturated carbocycles. The smallest absolute Gasteiger partial charge is 0.261 e. The van der Waals surface area contributed by atoms with Crippen molar-refractivity contribution in [3.63, 3.8) is 0 Å². The highest BCUT2D eigenvalue weighted by Crippen LogP contribution is 2.20. The van der Waals surface area contributed by atoms with E-state index in [0.717, 1.165) is 11.1 Å². The molecule has 1 N–H and O–H groups in total. The van der Waals surface area contributed by atoms with Gasteiger partial charge >= 0.3 is 0 Å². The average molecular weight is 300 g/mol. The zero-order valence-electron chi connectivity index (χ0n) is 11.9. The molecular weight excluding hydrogens is 284 g/mol. The van der Waals surface area contributed by atoms with E-state index >= 15 is 0 Å². The van der Waals surface area contributed by atoms with Gasteiger partial charge in [0.1, 0.15) is 0 Å². The van der Waals surface area contributed by atoms with Crippen molar-refractivity contribution >= 4 is 15.7 Å². The van der Waals surface area contributed by atoms with E-state index in [1.807, 2.05) is 6.92 Å². The van der Waals surface area contributed by atoms with Crippen LogP contribution >= 0.6 is 0 Å². The summed E-state index contributed by atoms with van der Waals surface area (Å²) in [5.41, 5.74) is 2.34. The maximum Gasteiger partial charge on any atom is 0.261 e. The van der Waals surface area contributed by atoms with E-state index < -0.39 is 10.0 Å². The summed E-state index contributed by atoms with van der Waals surface area (Å²) in [6.07, 6.45) is 0. The second kappa shape index (κ2) is 5.98. The summed E-state index contributed by atoms with van der Waals surface area (Å²) in [6, 6.07) is 15.6. The lowest BCUT2D eigenvalue weighted by atomic mass is 10.0. The van der Waals surface area contributed by atoms with Crippen molar-refractivity contribution in [1.29, 1.82) is 5.26 Å². The largest absolute Gasteiger partial charge is 0.280 e. The van der Waals surface area contributed by atoms with E-state index in [2.05, 4.69) is 10.8 Å². The molecule has 4 nitrogen and oxygen atoms in total. The molecule has 5 heteroatoms. The first-order valence-corrected chi connectivity index (χ1v) is 8.00. The third-order valence-electron chi connectivity index (χ3n) is 3.19. The number of nitrogens with zero attached hydrogens (tertiary/aromatic N) is 1. The van der Waals surface area contributed by atoms with Gasteiger partial charge in [-0.05, 0) is 43.7 Å². The maximum absolute atomic E-state index is 12.2. The van der Waals surface area contributed by atoms with Crippen LogP contribution in [0.15, 0.2) is 53.4 Å². The average Bonchev–Trinajstić information content (AvgIpc) is 2.47. The highest BCUT2D eigenvalue weighted by molar-refractivity contribution is 7.92. The third kappa shape index (κ3) is 3.61. The van der Waals surface area contributed by atoms with E-state index in [1.54, 1.807) is 55.5 Å². The topological polar surface area (TPSA) is 70.0 Å². The van der Waals surface area contributed by atoms with Gasteiger partial charge in [0.2, 0.25) is 0 Å². The van der Waals surface area contributed by atoms with Crippen molar-refractivity contribution in [1.82, 2.24) is 0 Å². The Hall–Kier alpha value is -2.32. The molecule has 0 bridgehead atoms. The third-order valence-corrected chi connectivity index (χ3v) is 4.59. The Balaban J connectivity index is 2.21. The Morgan fingerprint density at radius 2 is 1.62 bits per heavy atom. The van der Waals surface area contributed by atoms with Gasteiger partial charge in [0.05, 0.1) is 16.9 Å². The van der Waals surface area contributed by atoms with Gasteiger partial charge in [-0.1, -0.05) is 29.8 Å². The zero-order valence-corrected chi connectivity index (χ0v) is 12.7. The van der Waals surface area contributed by atoms with Crippen LogP contribution in [-0.4, -0.2) is 8.42 Å². The van der Waals surface area contributed by atoms with Crippen molar-refractivity contribution in [3.05, 3.63) is 59.7 Å². The lowest BCUT2D eigenvalue weighted by Crippen LogP contribution is -2.12. The molecule has 0 amide bonds. The van der Waals surface area contributed by atoms with Crippen LogP contribution in [0, 0.1) is 18.3 Å². The number of nitriles is 1. The molecule has 1 atom stereocenters. The van der Waals surface area contributed by atoms with Gasteiger partial charge in [-0.2, -0.15) is 5.26 Å². The second-order valence-electron chi connectivity index (χ2n) is 4.89. The molecule has 0 saturated heterocycles. The maximum atomic E-state index is 12.2. The summed E-state index contributed by atoms with van der Waals surface area (Å²) in [6.45, 7) is 3.70. The zero-order chi connectivity index (χ0) is 15.5. The standard InChI is InChI=1S/C16H16N2O2S/c1-12-3-9-16(10-4-12)21(19,20)18-15-7-5-14(6-8-15)13(2)11-17/h3-10,13,18H,1-2H3. The first kappa shape index (κ1) is 15.1. The van der Waals surface area contributed by atoms with Crippen LogP contribution in [0.5, 0.6) is 0 Å². The Morgan fingerprint density at radius 3 is 2.14 bits per heavy atom. The number of rotatable bonds is 4. The fourth-order valence-corrected chi connectivity index (χ4v) is 2.90. The summed E-state index contributed by atoms with van der Waals surface area (Å²) in [5.74, 6) is -0.215. The number of hydrogen-bond donors (Lipinski definition) is 1. The quantitative estimate of drug-likeness (QED) is 0.940. The number of anilines is 1. The molecule has 0 aliphatic heterocycles. The Morgan fingerprint density at radius 1 is 1.05 bits per heavy atom. The number of hydrogen-bond acceptors (Lipinski definition) is 3. The van der Waals surface area contributed by atoms with Crippen molar-refractivity contribution in [2.75, 3.05) is 4.72 Å². The summed E-state index contributed by atoms with van der Waals surface area (Å²) < 4.78 is 27.0. The molecule has 108 valence electrons. The molecule has 21 heavy (non-hydrogen) atoms. The summed E-state index contributed by atoms with van der Waals surface area (Å²) in [4.78, 5) is 0.225. The highest BCUT2D eigenvalue weighted by Gasteiger charge is 2.14. The molecule has 1 unspecified atom stereocenters. The monoisotopic (exact) mass is 300 g/mol. The lowest BCUT2D eigenvalue weighted by Gasteiger charge is -2.09. The van der Waals surface area contributed by atoms with Gasteiger partial charge in [0.25, 0.3) is 10.0 Å². The molecule has 2 aromatic rings.